The molecule has 1 aliphatic rings. The van der Waals surface area contributed by atoms with Crippen LogP contribution < -0.4 is 11.1 Å². The first-order chi connectivity index (χ1) is 19.1. The van der Waals surface area contributed by atoms with Gasteiger partial charge in [0, 0.05) is 6.04 Å². The molecule has 2 nitrogen and oxygen atoms in total. The minimum absolute atomic E-state index is 0.176. The number of hydrogen-bond acceptors (Lipinski definition) is 2. The molecule has 0 aromatic carbocycles. The molecule has 0 aromatic heterocycles. The van der Waals surface area contributed by atoms with Crippen molar-refractivity contribution in [3.05, 3.63) is 24.3 Å². The highest BCUT2D eigenvalue weighted by molar-refractivity contribution is 5.00. The fourth-order valence-corrected chi connectivity index (χ4v) is 5.71. The van der Waals surface area contributed by atoms with Crippen LogP contribution in [0.5, 0.6) is 0 Å². The van der Waals surface area contributed by atoms with E-state index in [4.69, 9.17) is 5.73 Å². The van der Waals surface area contributed by atoms with Crippen LogP contribution in [-0.2, 0) is 0 Å². The lowest BCUT2D eigenvalue weighted by atomic mass is 9.88. The van der Waals surface area contributed by atoms with Gasteiger partial charge in [0.25, 0.3) is 0 Å². The molecular weight excluding hydrogens is 484 g/mol. The smallest absolute Gasteiger partial charge is 0.0271 e. The van der Waals surface area contributed by atoms with Gasteiger partial charge in [-0.05, 0) is 75.8 Å². The van der Waals surface area contributed by atoms with E-state index in [2.05, 4.69) is 66.9 Å². The van der Waals surface area contributed by atoms with E-state index < -0.39 is 0 Å². The molecule has 240 valence electrons. The highest BCUT2D eigenvalue weighted by Crippen LogP contribution is 2.24. The summed E-state index contributed by atoms with van der Waals surface area (Å²) in [6.45, 7) is 28.1. The number of nitrogens with two attached hydrogens (primary N) is 1. The highest BCUT2D eigenvalue weighted by atomic mass is 14.9. The Morgan fingerprint density at radius 3 is 1.70 bits per heavy atom. The molecule has 3 N–H and O–H groups in total. The molecule has 0 spiro atoms. The normalized spacial score (nSPS) is 15.2. The molecule has 2 unspecified atom stereocenters. The van der Waals surface area contributed by atoms with Gasteiger partial charge in [0.1, 0.15) is 0 Å². The Balaban J connectivity index is 0. The lowest BCUT2D eigenvalue weighted by Gasteiger charge is -2.23. The minimum Gasteiger partial charge on any atom is -0.324 e. The number of nitrogens with one attached hydrogen (secondary N) is 1. The van der Waals surface area contributed by atoms with E-state index in [1.165, 1.54) is 141 Å². The summed E-state index contributed by atoms with van der Waals surface area (Å²) in [7, 11) is 0. The predicted octanol–water partition coefficient (Wildman–Crippen LogP) is 12.0. The second kappa shape index (κ2) is 29.9. The lowest BCUT2D eigenvalue weighted by Crippen LogP contribution is -2.27. The van der Waals surface area contributed by atoms with Crippen molar-refractivity contribution < 1.29 is 0 Å². The Hall–Kier alpha value is -0.600. The van der Waals surface area contributed by atoms with Crippen molar-refractivity contribution in [3.63, 3.8) is 0 Å². The van der Waals surface area contributed by atoms with Gasteiger partial charge in [0.2, 0.25) is 0 Å². The molecule has 1 fully saturated rings. The fourth-order valence-electron chi connectivity index (χ4n) is 5.71. The van der Waals surface area contributed by atoms with E-state index in [-0.39, 0.29) is 6.04 Å². The van der Waals surface area contributed by atoms with Crippen LogP contribution in [0.1, 0.15) is 177 Å². The zero-order valence-electron chi connectivity index (χ0n) is 29.2. The molecule has 40 heavy (non-hydrogen) atoms. The van der Waals surface area contributed by atoms with Crippen LogP contribution >= 0.6 is 0 Å². The zero-order chi connectivity index (χ0) is 30.6. The predicted molar refractivity (Wildman–Crippen MR) is 186 cm³/mol. The molecule has 0 saturated carbocycles. The SMILES string of the molecule is C=C(C)C(N)C(C)C.C=C(CCCCCCCCCC)C(C)CC.CCCC(CCC)CCCC1CCNCC1. The Labute approximate surface area is 255 Å². The first-order valence-corrected chi connectivity index (χ1v) is 17.9. The second-order valence-corrected chi connectivity index (χ2v) is 13.4. The Bertz CT molecular complexity index is 540. The number of rotatable bonds is 21. The van der Waals surface area contributed by atoms with Crippen molar-refractivity contribution in [1.82, 2.24) is 5.32 Å². The maximum absolute atomic E-state index is 5.66. The number of allylic oxidation sites excluding steroid dienone is 1. The maximum atomic E-state index is 5.66. The standard InChI is InChI=1S/C16H32.C15H31N.C7H15N/c1-5-7-8-9-10-11-12-13-14-16(4)15(3)6-2;1-3-6-14(7-4-2)8-5-9-15-10-12-16-13-11-15;1-5(2)7(8)6(3)4/h15H,4-14H2,1-3H3;14-16H,3-13H2,1-2H3;6-7H,1,8H2,2-4H3. The van der Waals surface area contributed by atoms with Crippen LogP contribution in [0.2, 0.25) is 0 Å². The van der Waals surface area contributed by atoms with E-state index in [0.717, 1.165) is 23.3 Å². The molecule has 2 atom stereocenters. The molecule has 1 rings (SSSR count). The van der Waals surface area contributed by atoms with E-state index in [0.29, 0.717) is 5.92 Å². The summed E-state index contributed by atoms with van der Waals surface area (Å²) >= 11 is 0. The fraction of sp³-hybridized carbons (Fsp3) is 0.895. The Morgan fingerprint density at radius 1 is 0.750 bits per heavy atom. The number of piperidine rings is 1. The van der Waals surface area contributed by atoms with Crippen molar-refractivity contribution in [1.29, 1.82) is 0 Å². The molecular formula is C38H78N2. The number of unbranched alkanes of at least 4 members (excludes halogenated alkanes) is 7. The average Bonchev–Trinajstić information content (AvgIpc) is 2.94. The third-order valence-corrected chi connectivity index (χ3v) is 9.03. The van der Waals surface area contributed by atoms with Gasteiger partial charge in [-0.2, -0.15) is 0 Å². The molecule has 0 amide bonds. The van der Waals surface area contributed by atoms with Crippen molar-refractivity contribution in [3.8, 4) is 0 Å². The van der Waals surface area contributed by atoms with Crippen LogP contribution in [0.25, 0.3) is 0 Å². The average molecular weight is 563 g/mol. The number of hydrogen-bond donors (Lipinski definition) is 2. The molecule has 0 radical (unpaired) electrons. The zero-order valence-corrected chi connectivity index (χ0v) is 29.2. The molecule has 0 aliphatic carbocycles. The third-order valence-electron chi connectivity index (χ3n) is 9.03. The summed E-state index contributed by atoms with van der Waals surface area (Å²) in [4.78, 5) is 0. The van der Waals surface area contributed by atoms with Crippen LogP contribution in [0.3, 0.4) is 0 Å². The van der Waals surface area contributed by atoms with Crippen LogP contribution in [0, 0.1) is 23.7 Å². The molecule has 2 heteroatoms. The van der Waals surface area contributed by atoms with Gasteiger partial charge in [-0.25, -0.2) is 0 Å². The van der Waals surface area contributed by atoms with Crippen LogP contribution in [-0.4, -0.2) is 19.1 Å². The largest absolute Gasteiger partial charge is 0.324 e. The molecule has 0 aromatic rings. The van der Waals surface area contributed by atoms with Gasteiger partial charge < -0.3 is 11.1 Å². The summed E-state index contributed by atoms with van der Waals surface area (Å²) in [5, 5.41) is 3.45. The van der Waals surface area contributed by atoms with Gasteiger partial charge in [-0.15, -0.1) is 0 Å². The summed E-state index contributed by atoms with van der Waals surface area (Å²) < 4.78 is 0. The van der Waals surface area contributed by atoms with E-state index >= 15 is 0 Å². The van der Waals surface area contributed by atoms with E-state index in [9.17, 15) is 0 Å². The highest BCUT2D eigenvalue weighted by Gasteiger charge is 2.14. The quantitative estimate of drug-likeness (QED) is 0.108. The third kappa shape index (κ3) is 26.3. The first kappa shape index (κ1) is 41.5. The Morgan fingerprint density at radius 2 is 1.27 bits per heavy atom. The van der Waals surface area contributed by atoms with Gasteiger partial charge >= 0.3 is 0 Å². The minimum atomic E-state index is 0.176. The molecule has 0 bridgehead atoms. The topological polar surface area (TPSA) is 38.0 Å². The lowest BCUT2D eigenvalue weighted by molar-refractivity contribution is 0.319. The van der Waals surface area contributed by atoms with Crippen molar-refractivity contribution >= 4 is 0 Å². The van der Waals surface area contributed by atoms with Crippen molar-refractivity contribution in [2.24, 2.45) is 29.4 Å². The van der Waals surface area contributed by atoms with Crippen LogP contribution in [0.4, 0.5) is 0 Å². The van der Waals surface area contributed by atoms with Gasteiger partial charge in [0.05, 0.1) is 0 Å². The maximum Gasteiger partial charge on any atom is 0.0271 e. The van der Waals surface area contributed by atoms with Gasteiger partial charge in [0.15, 0.2) is 0 Å². The van der Waals surface area contributed by atoms with E-state index in [1.807, 2.05) is 6.92 Å². The van der Waals surface area contributed by atoms with Gasteiger partial charge in [-0.1, -0.05) is 163 Å². The monoisotopic (exact) mass is 563 g/mol. The van der Waals surface area contributed by atoms with Gasteiger partial charge in [-0.3, -0.25) is 0 Å². The summed E-state index contributed by atoms with van der Waals surface area (Å²) in [5.74, 6) is 3.30. The molecule has 1 saturated heterocycles. The first-order valence-electron chi connectivity index (χ1n) is 17.9. The second-order valence-electron chi connectivity index (χ2n) is 13.4. The molecule has 1 aliphatic heterocycles. The van der Waals surface area contributed by atoms with Crippen molar-refractivity contribution in [2.45, 2.75) is 183 Å². The Kier molecular flexibility index (Phi) is 31.0. The molecule has 1 heterocycles. The van der Waals surface area contributed by atoms with Crippen LogP contribution in [0.15, 0.2) is 24.3 Å². The summed E-state index contributed by atoms with van der Waals surface area (Å²) in [6, 6.07) is 0.176. The van der Waals surface area contributed by atoms with Crippen molar-refractivity contribution in [2.75, 3.05) is 13.1 Å². The summed E-state index contributed by atoms with van der Waals surface area (Å²) in [6.07, 6.45) is 26.8. The summed E-state index contributed by atoms with van der Waals surface area (Å²) in [5.41, 5.74) is 8.20. The van der Waals surface area contributed by atoms with E-state index in [1.54, 1.807) is 0 Å².